The van der Waals surface area contributed by atoms with Gasteiger partial charge in [0, 0.05) is 30.6 Å². The third-order valence-electron chi connectivity index (χ3n) is 3.04. The normalized spacial score (nSPS) is 10.5. The average molecular weight is 322 g/mol. The zero-order valence-electron chi connectivity index (χ0n) is 12.3. The van der Waals surface area contributed by atoms with Gasteiger partial charge >= 0.3 is 5.97 Å². The van der Waals surface area contributed by atoms with E-state index in [1.54, 1.807) is 25.4 Å². The molecule has 6 nitrogen and oxygen atoms in total. The highest BCUT2D eigenvalue weighted by atomic mass is 35.5. The highest BCUT2D eigenvalue weighted by Gasteiger charge is 2.10. The summed E-state index contributed by atoms with van der Waals surface area (Å²) < 4.78 is 4.91. The Bertz CT molecular complexity index is 671. The van der Waals surface area contributed by atoms with E-state index in [9.17, 15) is 4.79 Å². The number of halogens is 1. The fourth-order valence-corrected chi connectivity index (χ4v) is 2.32. The van der Waals surface area contributed by atoms with Crippen LogP contribution in [0.4, 0.5) is 0 Å². The van der Waals surface area contributed by atoms with Gasteiger partial charge in [-0.15, -0.1) is 0 Å². The summed E-state index contributed by atoms with van der Waals surface area (Å²) in [5.74, 6) is -0.0656. The molecular formula is C15H16ClN3O3. The van der Waals surface area contributed by atoms with Crippen LogP contribution in [-0.2, 0) is 17.6 Å². The van der Waals surface area contributed by atoms with Crippen LogP contribution in [0.1, 0.15) is 22.6 Å². The molecule has 1 N–H and O–H groups in total. The highest BCUT2D eigenvalue weighted by molar-refractivity contribution is 6.31. The van der Waals surface area contributed by atoms with Gasteiger partial charge in [0.15, 0.2) is 0 Å². The second-order valence-electron chi connectivity index (χ2n) is 4.81. The van der Waals surface area contributed by atoms with Crippen molar-refractivity contribution in [1.82, 2.24) is 15.0 Å². The van der Waals surface area contributed by atoms with Gasteiger partial charge in [-0.2, -0.15) is 4.98 Å². The molecule has 0 unspecified atom stereocenters. The second kappa shape index (κ2) is 7.29. The van der Waals surface area contributed by atoms with Gasteiger partial charge in [0.25, 0.3) is 0 Å². The van der Waals surface area contributed by atoms with Crippen molar-refractivity contribution in [2.75, 3.05) is 6.61 Å². The monoisotopic (exact) mass is 321 g/mol. The van der Waals surface area contributed by atoms with Gasteiger partial charge in [0.2, 0.25) is 5.88 Å². The number of pyridine rings is 1. The number of hydrogen-bond donors (Lipinski definition) is 1. The largest absolute Gasteiger partial charge is 0.406 e. The summed E-state index contributed by atoms with van der Waals surface area (Å²) in [5.41, 5.74) is 2.69. The van der Waals surface area contributed by atoms with E-state index in [-0.39, 0.29) is 5.88 Å². The van der Waals surface area contributed by atoms with Crippen molar-refractivity contribution >= 4 is 17.6 Å². The SMILES string of the molecule is Cc1cc(OC(=O)CO)nc(CCc2c(C)cncc2Cl)n1. The summed E-state index contributed by atoms with van der Waals surface area (Å²) in [7, 11) is 0. The van der Waals surface area contributed by atoms with Crippen molar-refractivity contribution in [3.05, 3.63) is 46.1 Å². The van der Waals surface area contributed by atoms with Gasteiger partial charge in [-0.3, -0.25) is 4.98 Å². The molecule has 7 heteroatoms. The molecule has 2 rings (SSSR count). The molecule has 0 saturated heterocycles. The minimum absolute atomic E-state index is 0.138. The topological polar surface area (TPSA) is 85.2 Å². The Balaban J connectivity index is 2.14. The number of carbonyl (C=O) groups is 1. The van der Waals surface area contributed by atoms with Gasteiger partial charge in [-0.05, 0) is 31.4 Å². The second-order valence-corrected chi connectivity index (χ2v) is 5.22. The zero-order valence-corrected chi connectivity index (χ0v) is 13.1. The quantitative estimate of drug-likeness (QED) is 0.846. The molecule has 2 aromatic rings. The number of aliphatic hydroxyl groups excluding tert-OH is 1. The number of nitrogens with zero attached hydrogens (tertiary/aromatic N) is 3. The van der Waals surface area contributed by atoms with E-state index >= 15 is 0 Å². The van der Waals surface area contributed by atoms with Crippen LogP contribution < -0.4 is 4.74 Å². The predicted octanol–water partition coefficient (Wildman–Crippen LogP) is 1.82. The first-order chi connectivity index (χ1) is 10.5. The van der Waals surface area contributed by atoms with Crippen molar-refractivity contribution in [3.63, 3.8) is 0 Å². The molecule has 2 heterocycles. The highest BCUT2D eigenvalue weighted by Crippen LogP contribution is 2.20. The van der Waals surface area contributed by atoms with E-state index in [1.807, 2.05) is 6.92 Å². The Labute approximate surface area is 133 Å². The van der Waals surface area contributed by atoms with Crippen LogP contribution in [0.3, 0.4) is 0 Å². The lowest BCUT2D eigenvalue weighted by atomic mass is 10.1. The van der Waals surface area contributed by atoms with Crippen molar-refractivity contribution < 1.29 is 14.6 Å². The fourth-order valence-electron chi connectivity index (χ4n) is 2.02. The van der Waals surface area contributed by atoms with Gasteiger partial charge in [-0.1, -0.05) is 11.6 Å². The average Bonchev–Trinajstić information content (AvgIpc) is 2.46. The lowest BCUT2D eigenvalue weighted by molar-refractivity contribution is -0.137. The molecule has 116 valence electrons. The molecule has 0 atom stereocenters. The minimum atomic E-state index is -0.753. The molecule has 0 radical (unpaired) electrons. The lowest BCUT2D eigenvalue weighted by Crippen LogP contribution is -2.14. The van der Waals surface area contributed by atoms with Gasteiger partial charge < -0.3 is 9.84 Å². The van der Waals surface area contributed by atoms with E-state index in [2.05, 4.69) is 15.0 Å². The van der Waals surface area contributed by atoms with Crippen molar-refractivity contribution in [2.24, 2.45) is 0 Å². The molecule has 0 bridgehead atoms. The third-order valence-corrected chi connectivity index (χ3v) is 3.37. The first kappa shape index (κ1) is 16.3. The molecule has 0 fully saturated rings. The number of aryl methyl sites for hydroxylation is 3. The van der Waals surface area contributed by atoms with E-state index in [1.165, 1.54) is 0 Å². The molecule has 0 aliphatic heterocycles. The Kier molecular flexibility index (Phi) is 5.41. The van der Waals surface area contributed by atoms with Crippen LogP contribution in [0.2, 0.25) is 5.02 Å². The summed E-state index contributed by atoms with van der Waals surface area (Å²) in [6.07, 6.45) is 4.57. The molecule has 0 saturated carbocycles. The van der Waals surface area contributed by atoms with Crippen LogP contribution in [0.25, 0.3) is 0 Å². The molecular weight excluding hydrogens is 306 g/mol. The summed E-state index contributed by atoms with van der Waals surface area (Å²) in [4.78, 5) is 23.6. The van der Waals surface area contributed by atoms with Crippen molar-refractivity contribution in [3.8, 4) is 5.88 Å². The van der Waals surface area contributed by atoms with Crippen LogP contribution in [0.5, 0.6) is 5.88 Å². The van der Waals surface area contributed by atoms with Gasteiger partial charge in [-0.25, -0.2) is 9.78 Å². The number of esters is 1. The Hall–Kier alpha value is -2.05. The van der Waals surface area contributed by atoms with Gasteiger partial charge in [0.1, 0.15) is 12.4 Å². The molecule has 2 aromatic heterocycles. The Morgan fingerprint density at radius 2 is 2.05 bits per heavy atom. The first-order valence-electron chi connectivity index (χ1n) is 6.74. The fraction of sp³-hybridized carbons (Fsp3) is 0.333. The third kappa shape index (κ3) is 4.22. The Morgan fingerprint density at radius 3 is 2.73 bits per heavy atom. The van der Waals surface area contributed by atoms with E-state index in [0.717, 1.165) is 11.1 Å². The van der Waals surface area contributed by atoms with E-state index in [4.69, 9.17) is 21.4 Å². The number of aromatic nitrogens is 3. The van der Waals surface area contributed by atoms with Crippen LogP contribution >= 0.6 is 11.6 Å². The van der Waals surface area contributed by atoms with Gasteiger partial charge in [0.05, 0.1) is 5.02 Å². The minimum Gasteiger partial charge on any atom is -0.406 e. The Morgan fingerprint density at radius 1 is 1.27 bits per heavy atom. The van der Waals surface area contributed by atoms with Crippen LogP contribution in [0.15, 0.2) is 18.5 Å². The maximum absolute atomic E-state index is 11.1. The summed E-state index contributed by atoms with van der Waals surface area (Å²) in [6.45, 7) is 3.04. The van der Waals surface area contributed by atoms with Crippen LogP contribution in [0, 0.1) is 13.8 Å². The molecule has 0 aromatic carbocycles. The molecule has 0 amide bonds. The van der Waals surface area contributed by atoms with Crippen molar-refractivity contribution in [1.29, 1.82) is 0 Å². The smallest absolute Gasteiger partial charge is 0.338 e. The van der Waals surface area contributed by atoms with E-state index < -0.39 is 12.6 Å². The van der Waals surface area contributed by atoms with E-state index in [0.29, 0.717) is 29.4 Å². The number of aliphatic hydroxyl groups is 1. The maximum Gasteiger partial charge on any atom is 0.338 e. The molecule has 0 spiro atoms. The summed E-state index contributed by atoms with van der Waals surface area (Å²) >= 11 is 6.15. The number of ether oxygens (including phenoxy) is 1. The first-order valence-corrected chi connectivity index (χ1v) is 7.12. The maximum atomic E-state index is 11.1. The van der Waals surface area contributed by atoms with Crippen molar-refractivity contribution in [2.45, 2.75) is 26.7 Å². The number of carbonyl (C=O) groups excluding carboxylic acids is 1. The summed E-state index contributed by atoms with van der Waals surface area (Å²) in [6, 6.07) is 1.54. The molecule has 22 heavy (non-hydrogen) atoms. The zero-order chi connectivity index (χ0) is 16.1. The number of rotatable bonds is 5. The standard InChI is InChI=1S/C15H16ClN3O3/c1-9-6-17-7-12(16)11(9)3-4-13-18-10(2)5-14(19-13)22-15(21)8-20/h5-7,20H,3-4,8H2,1-2H3. The predicted molar refractivity (Wildman–Crippen MR) is 80.9 cm³/mol. The van der Waals surface area contributed by atoms with Crippen LogP contribution in [-0.4, -0.2) is 32.6 Å². The lowest BCUT2D eigenvalue weighted by Gasteiger charge is -2.08. The summed E-state index contributed by atoms with van der Waals surface area (Å²) in [5, 5.41) is 9.32. The molecule has 0 aliphatic carbocycles. The number of hydrogen-bond acceptors (Lipinski definition) is 6. The molecule has 0 aliphatic rings.